The van der Waals surface area contributed by atoms with Crippen molar-refractivity contribution < 1.29 is 14.9 Å². The Morgan fingerprint density at radius 2 is 1.39 bits per heavy atom. The summed E-state index contributed by atoms with van der Waals surface area (Å²) in [5.74, 6) is 0.435. The third-order valence-electron chi connectivity index (χ3n) is 3.43. The number of phenolic OH excluding ortho intramolecular Hbond substituents is 2. The largest absolute Gasteiger partial charge is 0.508 e. The van der Waals surface area contributed by atoms with Crippen molar-refractivity contribution in [3.05, 3.63) is 59.7 Å². The van der Waals surface area contributed by atoms with Gasteiger partial charge in [0.1, 0.15) is 17.1 Å². The maximum Gasteiger partial charge on any atom is 0.145 e. The van der Waals surface area contributed by atoms with Crippen molar-refractivity contribution in [3.8, 4) is 11.5 Å². The number of rotatable bonds is 2. The highest BCUT2D eigenvalue weighted by Gasteiger charge is 2.56. The number of hydrogen-bond donors (Lipinski definition) is 2. The minimum Gasteiger partial charge on any atom is -0.508 e. The summed E-state index contributed by atoms with van der Waals surface area (Å²) in [6.07, 6.45) is 0.0288. The normalized spacial score (nSPS) is 20.6. The van der Waals surface area contributed by atoms with Gasteiger partial charge in [-0.05, 0) is 42.3 Å². The Morgan fingerprint density at radius 1 is 0.944 bits per heavy atom. The lowest BCUT2D eigenvalue weighted by molar-refractivity contribution is 0.330. The zero-order valence-electron chi connectivity index (χ0n) is 10.00. The number of ether oxygens (including phenoxy) is 1. The molecule has 1 heterocycles. The number of epoxide rings is 1. The molecule has 18 heavy (non-hydrogen) atoms. The summed E-state index contributed by atoms with van der Waals surface area (Å²) in [6.45, 7) is 1.98. The molecule has 0 spiro atoms. The quantitative estimate of drug-likeness (QED) is 0.796. The van der Waals surface area contributed by atoms with Crippen LogP contribution in [0.3, 0.4) is 0 Å². The van der Waals surface area contributed by atoms with Gasteiger partial charge in [0.25, 0.3) is 0 Å². The van der Waals surface area contributed by atoms with Gasteiger partial charge in [-0.1, -0.05) is 24.3 Å². The van der Waals surface area contributed by atoms with E-state index < -0.39 is 5.60 Å². The summed E-state index contributed by atoms with van der Waals surface area (Å²) in [5, 5.41) is 19.2. The molecule has 0 aromatic heterocycles. The molecule has 3 heteroatoms. The third-order valence-corrected chi connectivity index (χ3v) is 3.43. The lowest BCUT2D eigenvalue weighted by Gasteiger charge is -2.14. The van der Waals surface area contributed by atoms with Gasteiger partial charge in [-0.2, -0.15) is 0 Å². The summed E-state index contributed by atoms with van der Waals surface area (Å²) in [4.78, 5) is 0. The highest BCUT2D eigenvalue weighted by Crippen LogP contribution is 2.52. The molecule has 1 saturated heterocycles. The van der Waals surface area contributed by atoms with E-state index in [1.807, 2.05) is 19.1 Å². The van der Waals surface area contributed by atoms with Gasteiger partial charge in [-0.3, -0.25) is 0 Å². The predicted molar refractivity (Wildman–Crippen MR) is 67.5 cm³/mol. The third kappa shape index (κ3) is 1.56. The van der Waals surface area contributed by atoms with Crippen molar-refractivity contribution in [2.45, 2.75) is 18.6 Å². The van der Waals surface area contributed by atoms with Gasteiger partial charge < -0.3 is 14.9 Å². The Morgan fingerprint density at radius 3 is 1.72 bits per heavy atom. The van der Waals surface area contributed by atoms with Crippen molar-refractivity contribution >= 4 is 0 Å². The summed E-state index contributed by atoms with van der Waals surface area (Å²) < 4.78 is 5.76. The molecule has 0 bridgehead atoms. The SMILES string of the molecule is CC1OC1(c1cccc(O)c1)c1cccc(O)c1. The van der Waals surface area contributed by atoms with Gasteiger partial charge >= 0.3 is 0 Å². The van der Waals surface area contributed by atoms with Gasteiger partial charge in [0.15, 0.2) is 0 Å². The topological polar surface area (TPSA) is 53.0 Å². The predicted octanol–water partition coefficient (Wildman–Crippen LogP) is 2.76. The van der Waals surface area contributed by atoms with E-state index in [0.717, 1.165) is 11.1 Å². The van der Waals surface area contributed by atoms with Crippen LogP contribution in [0.4, 0.5) is 0 Å². The van der Waals surface area contributed by atoms with E-state index in [1.54, 1.807) is 36.4 Å². The molecule has 0 aliphatic carbocycles. The average Bonchev–Trinajstić information content (AvgIpc) is 3.02. The van der Waals surface area contributed by atoms with Crippen LogP contribution in [0.2, 0.25) is 0 Å². The zero-order valence-corrected chi connectivity index (χ0v) is 10.00. The number of phenols is 2. The molecule has 1 fully saturated rings. The molecule has 1 unspecified atom stereocenters. The first kappa shape index (κ1) is 11.1. The van der Waals surface area contributed by atoms with Gasteiger partial charge in [-0.25, -0.2) is 0 Å². The van der Waals surface area contributed by atoms with Crippen LogP contribution in [0.5, 0.6) is 11.5 Å². The molecular weight excluding hydrogens is 228 g/mol. The Bertz CT molecular complexity index is 546. The standard InChI is InChI=1S/C15H14O3/c1-10-15(18-10,11-4-2-6-13(16)8-11)12-5-3-7-14(17)9-12/h2-10,16-17H,1H3. The van der Waals surface area contributed by atoms with Crippen LogP contribution in [0.15, 0.2) is 48.5 Å². The second-order valence-corrected chi connectivity index (χ2v) is 4.60. The van der Waals surface area contributed by atoms with Crippen LogP contribution >= 0.6 is 0 Å². The molecule has 1 aliphatic rings. The van der Waals surface area contributed by atoms with Crippen molar-refractivity contribution in [1.82, 2.24) is 0 Å². The monoisotopic (exact) mass is 242 g/mol. The molecule has 0 radical (unpaired) electrons. The molecule has 2 N–H and O–H groups in total. The molecule has 2 aromatic rings. The summed E-state index contributed by atoms with van der Waals surface area (Å²) in [7, 11) is 0. The fourth-order valence-electron chi connectivity index (χ4n) is 2.49. The molecular formula is C15H14O3. The minimum absolute atomic E-state index is 0.0288. The van der Waals surface area contributed by atoms with Gasteiger partial charge in [0.2, 0.25) is 0 Å². The molecule has 1 aliphatic heterocycles. The second-order valence-electron chi connectivity index (χ2n) is 4.60. The Labute approximate surface area is 105 Å². The summed E-state index contributed by atoms with van der Waals surface area (Å²) in [5.41, 5.74) is 1.26. The molecule has 3 nitrogen and oxygen atoms in total. The fraction of sp³-hybridized carbons (Fsp3) is 0.200. The molecule has 0 saturated carbocycles. The van der Waals surface area contributed by atoms with Crippen molar-refractivity contribution in [1.29, 1.82) is 0 Å². The molecule has 2 aromatic carbocycles. The van der Waals surface area contributed by atoms with E-state index in [0.29, 0.717) is 0 Å². The Hall–Kier alpha value is -2.00. The lowest BCUT2D eigenvalue weighted by atomic mass is 9.88. The van der Waals surface area contributed by atoms with E-state index in [1.165, 1.54) is 0 Å². The van der Waals surface area contributed by atoms with Crippen LogP contribution in [0.1, 0.15) is 18.1 Å². The maximum absolute atomic E-state index is 9.59. The first-order valence-electron chi connectivity index (χ1n) is 5.90. The minimum atomic E-state index is -0.544. The van der Waals surface area contributed by atoms with Crippen LogP contribution in [0, 0.1) is 0 Å². The van der Waals surface area contributed by atoms with Crippen molar-refractivity contribution in [2.24, 2.45) is 0 Å². The highest BCUT2D eigenvalue weighted by molar-refractivity contribution is 5.46. The maximum atomic E-state index is 9.59. The first-order valence-corrected chi connectivity index (χ1v) is 5.90. The van der Waals surface area contributed by atoms with E-state index in [9.17, 15) is 10.2 Å². The van der Waals surface area contributed by atoms with E-state index in [-0.39, 0.29) is 17.6 Å². The van der Waals surface area contributed by atoms with Crippen LogP contribution in [0.25, 0.3) is 0 Å². The van der Waals surface area contributed by atoms with E-state index in [4.69, 9.17) is 4.74 Å². The van der Waals surface area contributed by atoms with E-state index in [2.05, 4.69) is 0 Å². The van der Waals surface area contributed by atoms with Crippen LogP contribution in [-0.2, 0) is 10.3 Å². The first-order chi connectivity index (χ1) is 8.63. The number of benzene rings is 2. The summed E-state index contributed by atoms with van der Waals surface area (Å²) >= 11 is 0. The smallest absolute Gasteiger partial charge is 0.145 e. The molecule has 92 valence electrons. The van der Waals surface area contributed by atoms with Gasteiger partial charge in [0.05, 0.1) is 6.10 Å². The fourth-order valence-corrected chi connectivity index (χ4v) is 2.49. The van der Waals surface area contributed by atoms with Gasteiger partial charge in [0, 0.05) is 0 Å². The number of hydrogen-bond acceptors (Lipinski definition) is 3. The van der Waals surface area contributed by atoms with Crippen molar-refractivity contribution in [3.63, 3.8) is 0 Å². The second kappa shape index (κ2) is 3.75. The molecule has 1 atom stereocenters. The summed E-state index contributed by atoms with van der Waals surface area (Å²) in [6, 6.07) is 14.1. The lowest BCUT2D eigenvalue weighted by Crippen LogP contribution is -2.13. The van der Waals surface area contributed by atoms with Gasteiger partial charge in [-0.15, -0.1) is 0 Å². The average molecular weight is 242 g/mol. The van der Waals surface area contributed by atoms with Crippen LogP contribution in [-0.4, -0.2) is 16.3 Å². The van der Waals surface area contributed by atoms with Crippen molar-refractivity contribution in [2.75, 3.05) is 0 Å². The number of aromatic hydroxyl groups is 2. The zero-order chi connectivity index (χ0) is 12.8. The van der Waals surface area contributed by atoms with E-state index >= 15 is 0 Å². The van der Waals surface area contributed by atoms with Crippen LogP contribution < -0.4 is 0 Å². The molecule has 3 rings (SSSR count). The Balaban J connectivity index is 2.12. The Kier molecular flexibility index (Phi) is 2.31. The highest BCUT2D eigenvalue weighted by atomic mass is 16.6. The molecule has 0 amide bonds.